The molecule has 92 valence electrons. The van der Waals surface area contributed by atoms with Gasteiger partial charge < -0.3 is 15.2 Å². The smallest absolute Gasteiger partial charge is 0.176 e. The van der Waals surface area contributed by atoms with Crippen molar-refractivity contribution in [3.8, 4) is 0 Å². The van der Waals surface area contributed by atoms with Gasteiger partial charge in [0.15, 0.2) is 4.91 Å². The normalized spacial score (nSPS) is 14.6. The van der Waals surface area contributed by atoms with Gasteiger partial charge in [-0.25, -0.2) is 0 Å². The lowest BCUT2D eigenvalue weighted by Crippen LogP contribution is -2.19. The average molecular weight is 242 g/mol. The minimum Gasteiger partial charge on any atom is -0.612 e. The summed E-state index contributed by atoms with van der Waals surface area (Å²) in [5, 5.41) is 6.28. The highest BCUT2D eigenvalue weighted by atomic mass is 32.2. The maximum atomic E-state index is 11.6. The van der Waals surface area contributed by atoms with Crippen molar-refractivity contribution >= 4 is 11.2 Å². The Morgan fingerprint density at radius 1 is 1.31 bits per heavy atom. The van der Waals surface area contributed by atoms with Crippen molar-refractivity contribution in [3.63, 3.8) is 0 Å². The molecule has 0 radical (unpaired) electrons. The van der Waals surface area contributed by atoms with E-state index in [1.54, 1.807) is 6.26 Å². The minimum atomic E-state index is -1.04. The van der Waals surface area contributed by atoms with Crippen molar-refractivity contribution in [2.75, 3.05) is 19.3 Å². The second-order valence-electron chi connectivity index (χ2n) is 3.25. The van der Waals surface area contributed by atoms with Gasteiger partial charge in [-0.3, -0.25) is 0 Å². The van der Waals surface area contributed by atoms with Crippen LogP contribution in [0.5, 0.6) is 0 Å². The van der Waals surface area contributed by atoms with Crippen molar-refractivity contribution in [1.29, 1.82) is 0 Å². The third-order valence-electron chi connectivity index (χ3n) is 1.98. The molecule has 1 unspecified atom stereocenters. The molecule has 0 amide bonds. The lowest BCUT2D eigenvalue weighted by Gasteiger charge is -2.14. The van der Waals surface area contributed by atoms with Gasteiger partial charge >= 0.3 is 0 Å². The maximum Gasteiger partial charge on any atom is 0.176 e. The number of likely N-dealkylation sites (N-methyl/N-ethyl adjacent to an activating group) is 2. The van der Waals surface area contributed by atoms with Crippen LogP contribution in [-0.2, 0) is 11.2 Å². The number of hydrogen-bond acceptors (Lipinski definition) is 3. The predicted octanol–water partition coefficient (Wildman–Crippen LogP) is 1.89. The molecule has 3 nitrogen and oxygen atoms in total. The number of hydrogen-bond donors (Lipinski definition) is 2. The molecule has 2 N–H and O–H groups in total. The minimum absolute atomic E-state index is 0.723. The highest BCUT2D eigenvalue weighted by Gasteiger charge is 2.13. The van der Waals surface area contributed by atoms with Crippen molar-refractivity contribution in [2.24, 2.45) is 0 Å². The van der Waals surface area contributed by atoms with Crippen LogP contribution in [0.15, 0.2) is 35.0 Å². The second kappa shape index (κ2) is 8.30. The standard InChI is InChI=1S/C12H22N2OS/c1-6-11(14-8-3)9-12(16(5)15)10(4)13-7-2/h6,9,13-14H,4,7-8H2,1-3,5H3/b11-6+,12-9+. The lowest BCUT2D eigenvalue weighted by molar-refractivity contribution is 0.606. The molecule has 0 spiro atoms. The third-order valence-corrected chi connectivity index (χ3v) is 2.96. The first kappa shape index (κ1) is 15.1. The summed E-state index contributed by atoms with van der Waals surface area (Å²) in [4.78, 5) is 0.732. The summed E-state index contributed by atoms with van der Waals surface area (Å²) >= 11 is -1.04. The fourth-order valence-corrected chi connectivity index (χ4v) is 1.94. The van der Waals surface area contributed by atoms with Gasteiger partial charge in [0.1, 0.15) is 6.26 Å². The Hall–Kier alpha value is -0.870. The van der Waals surface area contributed by atoms with Gasteiger partial charge in [0, 0.05) is 24.9 Å². The maximum absolute atomic E-state index is 11.6. The molecule has 1 atom stereocenters. The number of nitrogens with one attached hydrogen (secondary N) is 2. The van der Waals surface area contributed by atoms with Gasteiger partial charge in [-0.1, -0.05) is 12.7 Å². The molecule has 0 rings (SSSR count). The van der Waals surface area contributed by atoms with Gasteiger partial charge in [0.2, 0.25) is 0 Å². The summed E-state index contributed by atoms with van der Waals surface area (Å²) in [5.74, 6) is 0. The zero-order valence-corrected chi connectivity index (χ0v) is 11.4. The van der Waals surface area contributed by atoms with Crippen LogP contribution in [0.3, 0.4) is 0 Å². The largest absolute Gasteiger partial charge is 0.612 e. The fraction of sp³-hybridized carbons (Fsp3) is 0.500. The van der Waals surface area contributed by atoms with Crippen LogP contribution >= 0.6 is 0 Å². The topological polar surface area (TPSA) is 47.1 Å². The van der Waals surface area contributed by atoms with Gasteiger partial charge in [-0.15, -0.1) is 0 Å². The SMILES string of the molecule is C=C(NCC)/C(=C\C(=C/C)NCC)[S+](C)[O-]. The van der Waals surface area contributed by atoms with Gasteiger partial charge in [-0.05, 0) is 31.9 Å². The van der Waals surface area contributed by atoms with Crippen molar-refractivity contribution in [2.45, 2.75) is 20.8 Å². The van der Waals surface area contributed by atoms with Crippen molar-refractivity contribution < 1.29 is 4.55 Å². The van der Waals surface area contributed by atoms with E-state index < -0.39 is 11.2 Å². The molecule has 0 aliphatic rings. The molecule has 0 aromatic heterocycles. The first-order valence-corrected chi connectivity index (χ1v) is 7.01. The van der Waals surface area contributed by atoms with E-state index in [9.17, 15) is 4.55 Å². The highest BCUT2D eigenvalue weighted by molar-refractivity contribution is 7.94. The van der Waals surface area contributed by atoms with Crippen LogP contribution in [-0.4, -0.2) is 23.9 Å². The Morgan fingerprint density at radius 3 is 2.25 bits per heavy atom. The lowest BCUT2D eigenvalue weighted by atomic mass is 10.3. The molecule has 0 saturated carbocycles. The second-order valence-corrected chi connectivity index (χ2v) is 4.59. The molecule has 0 heterocycles. The van der Waals surface area contributed by atoms with E-state index in [1.165, 1.54) is 0 Å². The van der Waals surface area contributed by atoms with Crippen LogP contribution in [0.1, 0.15) is 20.8 Å². The zero-order chi connectivity index (χ0) is 12.6. The van der Waals surface area contributed by atoms with Gasteiger partial charge in [0.05, 0.1) is 5.70 Å². The molecule has 0 aliphatic heterocycles. The molecule has 0 fully saturated rings. The van der Waals surface area contributed by atoms with Crippen LogP contribution in [0.25, 0.3) is 0 Å². The molecule has 4 heteroatoms. The molecular weight excluding hydrogens is 220 g/mol. The van der Waals surface area contributed by atoms with E-state index in [0.717, 1.165) is 29.4 Å². The Labute approximate surface area is 102 Å². The summed E-state index contributed by atoms with van der Waals surface area (Å²) in [6.45, 7) is 11.5. The number of allylic oxidation sites excluding steroid dienone is 2. The Balaban J connectivity index is 4.89. The zero-order valence-electron chi connectivity index (χ0n) is 10.6. The predicted molar refractivity (Wildman–Crippen MR) is 72.4 cm³/mol. The Kier molecular flexibility index (Phi) is 7.85. The van der Waals surface area contributed by atoms with Gasteiger partial charge in [-0.2, -0.15) is 0 Å². The van der Waals surface area contributed by atoms with Crippen LogP contribution in [0.4, 0.5) is 0 Å². The van der Waals surface area contributed by atoms with E-state index in [2.05, 4.69) is 17.2 Å². The van der Waals surface area contributed by atoms with Crippen molar-refractivity contribution in [3.05, 3.63) is 35.0 Å². The molecule has 0 bridgehead atoms. The molecule has 0 aliphatic carbocycles. The summed E-state index contributed by atoms with van der Waals surface area (Å²) < 4.78 is 11.6. The fourth-order valence-electron chi connectivity index (χ4n) is 1.23. The van der Waals surface area contributed by atoms with Crippen LogP contribution < -0.4 is 10.6 Å². The molecule has 16 heavy (non-hydrogen) atoms. The van der Waals surface area contributed by atoms with Gasteiger partial charge in [0.25, 0.3) is 0 Å². The van der Waals surface area contributed by atoms with E-state index >= 15 is 0 Å². The van der Waals surface area contributed by atoms with E-state index in [4.69, 9.17) is 0 Å². The van der Waals surface area contributed by atoms with Crippen molar-refractivity contribution in [1.82, 2.24) is 10.6 Å². The quantitative estimate of drug-likeness (QED) is 0.529. The molecule has 0 aromatic rings. The Bertz CT molecular complexity index is 283. The average Bonchev–Trinajstić information content (AvgIpc) is 2.23. The molecular formula is C12H22N2OS. The molecule has 0 aromatic carbocycles. The monoisotopic (exact) mass is 242 g/mol. The van der Waals surface area contributed by atoms with E-state index in [1.807, 2.05) is 32.9 Å². The first-order valence-electron chi connectivity index (χ1n) is 5.45. The first-order chi connectivity index (χ1) is 7.56. The molecule has 0 saturated heterocycles. The summed E-state index contributed by atoms with van der Waals surface area (Å²) in [6, 6.07) is 0. The summed E-state index contributed by atoms with van der Waals surface area (Å²) in [6.07, 6.45) is 5.49. The summed E-state index contributed by atoms with van der Waals surface area (Å²) in [5.41, 5.74) is 1.69. The van der Waals surface area contributed by atoms with Crippen LogP contribution in [0.2, 0.25) is 0 Å². The number of rotatable bonds is 7. The van der Waals surface area contributed by atoms with E-state index in [0.29, 0.717) is 0 Å². The Morgan fingerprint density at radius 2 is 1.88 bits per heavy atom. The van der Waals surface area contributed by atoms with E-state index in [-0.39, 0.29) is 0 Å². The third kappa shape index (κ3) is 5.28. The van der Waals surface area contributed by atoms with Crippen LogP contribution in [0, 0.1) is 0 Å². The summed E-state index contributed by atoms with van der Waals surface area (Å²) in [7, 11) is 0. The highest BCUT2D eigenvalue weighted by Crippen LogP contribution is 2.14.